The van der Waals surface area contributed by atoms with E-state index in [0.29, 0.717) is 46.1 Å². The third kappa shape index (κ3) is 6.24. The largest absolute Gasteiger partial charge is 0.416 e. The van der Waals surface area contributed by atoms with Crippen LogP contribution in [0.4, 0.5) is 18.0 Å². The average Bonchev–Trinajstić information content (AvgIpc) is 3.62. The first-order valence-electron chi connectivity index (χ1n) is 12.1. The lowest BCUT2D eigenvalue weighted by atomic mass is 10.1. The van der Waals surface area contributed by atoms with Crippen molar-refractivity contribution >= 4 is 67.7 Å². The lowest BCUT2D eigenvalue weighted by molar-refractivity contribution is -0.138. The van der Waals surface area contributed by atoms with Gasteiger partial charge in [0, 0.05) is 18.1 Å². The van der Waals surface area contributed by atoms with Crippen LogP contribution in [0.1, 0.15) is 29.5 Å². The van der Waals surface area contributed by atoms with Gasteiger partial charge in [0.25, 0.3) is 17.1 Å². The molecule has 0 saturated carbocycles. The summed E-state index contributed by atoms with van der Waals surface area (Å²) in [6, 6.07) is 8.13. The number of benzene rings is 2. The Hall–Kier alpha value is -3.47. The maximum absolute atomic E-state index is 13.5. The summed E-state index contributed by atoms with van der Waals surface area (Å²) in [5, 5.41) is 7.17. The molecule has 41 heavy (non-hydrogen) atoms. The molecule has 5 rings (SSSR count). The highest BCUT2D eigenvalue weighted by atomic mass is 35.5. The van der Waals surface area contributed by atoms with Gasteiger partial charge in [-0.25, -0.2) is 9.40 Å². The van der Waals surface area contributed by atoms with E-state index in [1.54, 1.807) is 12.1 Å². The van der Waals surface area contributed by atoms with Crippen LogP contribution in [0.2, 0.25) is 5.02 Å². The number of nitrogens with zero attached hydrogens (tertiary/aromatic N) is 5. The number of nitrogens with one attached hydrogen (secondary N) is 1. The van der Waals surface area contributed by atoms with Crippen molar-refractivity contribution in [3.05, 3.63) is 63.0 Å². The SMILES string of the molecule is O=C(CN1C(=O)SC(=Cc2ccc3c(c2)nnn3Cc2ccc(Cl)cc2C(F)(F)F)C1=O)NS(=O)(=O)N1CCCC1. The predicted octanol–water partition coefficient (Wildman–Crippen LogP) is 3.64. The Bertz CT molecular complexity index is 1700. The minimum atomic E-state index is -4.62. The molecule has 3 amide bonds. The highest BCUT2D eigenvalue weighted by molar-refractivity contribution is 8.18. The van der Waals surface area contributed by atoms with Gasteiger partial charge in [-0.05, 0) is 66.1 Å². The molecule has 3 aromatic rings. The maximum atomic E-state index is 13.5. The fourth-order valence-electron chi connectivity index (χ4n) is 4.41. The number of hydrogen-bond acceptors (Lipinski definition) is 8. The van der Waals surface area contributed by atoms with Crippen molar-refractivity contribution in [1.82, 2.24) is 28.9 Å². The molecule has 0 unspecified atom stereocenters. The summed E-state index contributed by atoms with van der Waals surface area (Å²) in [6.07, 6.45) is -1.88. The van der Waals surface area contributed by atoms with Crippen molar-refractivity contribution in [2.75, 3.05) is 19.6 Å². The van der Waals surface area contributed by atoms with Crippen molar-refractivity contribution in [2.45, 2.75) is 25.6 Å². The number of fused-ring (bicyclic) bond motifs is 1. The fraction of sp³-hybridized carbons (Fsp3) is 0.292. The second-order valence-electron chi connectivity index (χ2n) is 9.20. The molecule has 2 saturated heterocycles. The highest BCUT2D eigenvalue weighted by Gasteiger charge is 2.38. The molecule has 2 aromatic carbocycles. The number of amides is 3. The van der Waals surface area contributed by atoms with Gasteiger partial charge in [0.15, 0.2) is 0 Å². The molecule has 1 N–H and O–H groups in total. The van der Waals surface area contributed by atoms with Gasteiger partial charge >= 0.3 is 16.4 Å². The lowest BCUT2D eigenvalue weighted by Crippen LogP contribution is -2.46. The number of rotatable bonds is 7. The fourth-order valence-corrected chi connectivity index (χ4v) is 6.64. The Kier molecular flexibility index (Phi) is 7.84. The van der Waals surface area contributed by atoms with Crippen LogP contribution in [0, 0.1) is 0 Å². The van der Waals surface area contributed by atoms with Crippen LogP contribution in [0.5, 0.6) is 0 Å². The number of carbonyl (C=O) groups is 3. The zero-order valence-corrected chi connectivity index (χ0v) is 23.3. The molecule has 0 bridgehead atoms. The average molecular weight is 629 g/mol. The Morgan fingerprint density at radius 3 is 2.56 bits per heavy atom. The second kappa shape index (κ2) is 11.1. The standard InChI is InChI=1S/C24H20ClF3N6O5S2/c25-16-5-4-15(17(11-16)24(26,27)28)12-34-19-6-3-14(9-18(19)29-31-34)10-20-22(36)33(23(37)40-20)13-21(35)30-41(38,39)32-7-1-2-8-32/h3-6,9-11H,1-2,7-8,12-13H2,(H,30,35). The van der Waals surface area contributed by atoms with Gasteiger partial charge in [-0.2, -0.15) is 25.9 Å². The first-order chi connectivity index (χ1) is 19.3. The van der Waals surface area contributed by atoms with E-state index in [-0.39, 0.29) is 35.1 Å². The molecule has 11 nitrogen and oxygen atoms in total. The molecule has 1 aromatic heterocycles. The molecule has 17 heteroatoms. The van der Waals surface area contributed by atoms with Crippen LogP contribution in [0.3, 0.4) is 0 Å². The molecule has 2 aliphatic rings. The number of thioether (sulfide) groups is 1. The van der Waals surface area contributed by atoms with Crippen molar-refractivity contribution < 1.29 is 36.0 Å². The van der Waals surface area contributed by atoms with Gasteiger partial charge in [0.1, 0.15) is 12.1 Å². The first-order valence-corrected chi connectivity index (χ1v) is 14.7. The number of imide groups is 1. The summed E-state index contributed by atoms with van der Waals surface area (Å²) in [4.78, 5) is 38.2. The molecule has 0 aliphatic carbocycles. The van der Waals surface area contributed by atoms with Gasteiger partial charge in [0.2, 0.25) is 0 Å². The Labute approximate surface area is 240 Å². The Morgan fingerprint density at radius 1 is 1.12 bits per heavy atom. The van der Waals surface area contributed by atoms with E-state index >= 15 is 0 Å². The predicted molar refractivity (Wildman–Crippen MR) is 144 cm³/mol. The van der Waals surface area contributed by atoms with Gasteiger partial charge in [-0.15, -0.1) is 5.10 Å². The molecule has 216 valence electrons. The van der Waals surface area contributed by atoms with Crippen LogP contribution >= 0.6 is 23.4 Å². The summed E-state index contributed by atoms with van der Waals surface area (Å²) in [5.74, 6) is -1.80. The summed E-state index contributed by atoms with van der Waals surface area (Å²) in [7, 11) is -4.06. The summed E-state index contributed by atoms with van der Waals surface area (Å²) in [6.45, 7) is -0.440. The van der Waals surface area contributed by atoms with Crippen LogP contribution in [0.25, 0.3) is 17.1 Å². The number of aromatic nitrogens is 3. The second-order valence-corrected chi connectivity index (χ2v) is 12.3. The third-order valence-electron chi connectivity index (χ3n) is 6.36. The highest BCUT2D eigenvalue weighted by Crippen LogP contribution is 2.35. The topological polar surface area (TPSA) is 135 Å². The zero-order valence-electron chi connectivity index (χ0n) is 20.9. The van der Waals surface area contributed by atoms with E-state index in [1.165, 1.54) is 29.0 Å². The van der Waals surface area contributed by atoms with Crippen molar-refractivity contribution in [2.24, 2.45) is 0 Å². The van der Waals surface area contributed by atoms with E-state index in [0.717, 1.165) is 10.4 Å². The maximum Gasteiger partial charge on any atom is 0.416 e. The van der Waals surface area contributed by atoms with E-state index < -0.39 is 45.5 Å². The van der Waals surface area contributed by atoms with Gasteiger partial charge in [-0.1, -0.05) is 28.9 Å². The van der Waals surface area contributed by atoms with E-state index in [1.807, 2.05) is 4.72 Å². The van der Waals surface area contributed by atoms with Crippen LogP contribution in [-0.4, -0.2) is 69.3 Å². The number of hydrogen-bond donors (Lipinski definition) is 1. The molecule has 0 radical (unpaired) electrons. The monoisotopic (exact) mass is 628 g/mol. The smallest absolute Gasteiger partial charge is 0.272 e. The van der Waals surface area contributed by atoms with E-state index in [2.05, 4.69) is 10.3 Å². The van der Waals surface area contributed by atoms with Crippen molar-refractivity contribution in [3.8, 4) is 0 Å². The Balaban J connectivity index is 1.30. The van der Waals surface area contributed by atoms with Crippen LogP contribution in [-0.2, 0) is 32.5 Å². The molecule has 2 aliphatic heterocycles. The minimum Gasteiger partial charge on any atom is -0.272 e. The zero-order chi connectivity index (χ0) is 29.5. The van der Waals surface area contributed by atoms with Crippen molar-refractivity contribution in [3.63, 3.8) is 0 Å². The van der Waals surface area contributed by atoms with Crippen molar-refractivity contribution in [1.29, 1.82) is 0 Å². The lowest BCUT2D eigenvalue weighted by Gasteiger charge is -2.17. The quantitative estimate of drug-likeness (QED) is 0.392. The molecular weight excluding hydrogens is 609 g/mol. The molecule has 0 spiro atoms. The molecule has 3 heterocycles. The van der Waals surface area contributed by atoms with Gasteiger partial charge in [0.05, 0.1) is 22.5 Å². The van der Waals surface area contributed by atoms with Gasteiger partial charge < -0.3 is 0 Å². The van der Waals surface area contributed by atoms with E-state index in [9.17, 15) is 36.0 Å². The van der Waals surface area contributed by atoms with Gasteiger partial charge in [-0.3, -0.25) is 19.3 Å². The Morgan fingerprint density at radius 2 is 1.85 bits per heavy atom. The molecule has 2 fully saturated rings. The van der Waals surface area contributed by atoms with E-state index in [4.69, 9.17) is 11.6 Å². The summed E-state index contributed by atoms with van der Waals surface area (Å²) in [5.41, 5.74) is 0.256. The minimum absolute atomic E-state index is 0.00655. The van der Waals surface area contributed by atoms with Crippen LogP contribution in [0.15, 0.2) is 41.3 Å². The summed E-state index contributed by atoms with van der Waals surface area (Å²) < 4.78 is 69.4. The normalized spacial score (nSPS) is 17.8. The number of carbonyl (C=O) groups excluding carboxylic acids is 3. The molecular formula is C24H20ClF3N6O5S2. The number of halogens is 4. The van der Waals surface area contributed by atoms with Crippen LogP contribution < -0.4 is 4.72 Å². The number of alkyl halides is 3. The first kappa shape index (κ1) is 29.0. The third-order valence-corrected chi connectivity index (χ3v) is 9.03. The summed E-state index contributed by atoms with van der Waals surface area (Å²) >= 11 is 6.33. The molecule has 0 atom stereocenters.